The first-order valence-electron chi connectivity index (χ1n) is 10.9. The van der Waals surface area contributed by atoms with Gasteiger partial charge in [0.1, 0.15) is 18.3 Å². The van der Waals surface area contributed by atoms with Crippen molar-refractivity contribution >= 4 is 27.5 Å². The molecule has 0 aliphatic rings. The van der Waals surface area contributed by atoms with Crippen LogP contribution in [-0.4, -0.2) is 56.6 Å². The predicted molar refractivity (Wildman–Crippen MR) is 130 cm³/mol. The molecule has 2 amide bonds. The number of para-hydroxylation sites is 2. The largest absolute Gasteiger partial charge is 0.492 e. The Labute approximate surface area is 196 Å². The molecule has 0 saturated heterocycles. The standard InChI is InChI=1S/C24H33N3O5S/c1-6-32-22-15-11-10-14-21(22)27(33(5,30)31)17-23(28)26(16-20-12-8-7-9-13-20)19(4)24(29)25-18(2)3/h7-15,18-19H,6,16-17H2,1-5H3,(H,25,29). The molecule has 2 aromatic carbocycles. The van der Waals surface area contributed by atoms with Crippen molar-refractivity contribution in [2.24, 2.45) is 0 Å². The molecule has 0 aliphatic carbocycles. The average Bonchev–Trinajstić information content (AvgIpc) is 2.75. The number of benzene rings is 2. The summed E-state index contributed by atoms with van der Waals surface area (Å²) in [6, 6.07) is 15.0. The lowest BCUT2D eigenvalue weighted by atomic mass is 10.1. The summed E-state index contributed by atoms with van der Waals surface area (Å²) in [5.41, 5.74) is 1.10. The van der Waals surface area contributed by atoms with Gasteiger partial charge in [0.2, 0.25) is 21.8 Å². The minimum absolute atomic E-state index is 0.0979. The number of anilines is 1. The molecule has 0 aliphatic heterocycles. The third kappa shape index (κ3) is 7.49. The fourth-order valence-electron chi connectivity index (χ4n) is 3.30. The van der Waals surface area contributed by atoms with Gasteiger partial charge in [0.05, 0.1) is 18.6 Å². The fraction of sp³-hybridized carbons (Fsp3) is 0.417. The SMILES string of the molecule is CCOc1ccccc1N(CC(=O)N(Cc1ccccc1)C(C)C(=O)NC(C)C)S(C)(=O)=O. The number of sulfonamides is 1. The van der Waals surface area contributed by atoms with Crippen molar-refractivity contribution in [3.63, 3.8) is 0 Å². The second-order valence-electron chi connectivity index (χ2n) is 8.02. The van der Waals surface area contributed by atoms with E-state index in [1.165, 1.54) is 4.90 Å². The van der Waals surface area contributed by atoms with Gasteiger partial charge in [-0.25, -0.2) is 8.42 Å². The number of hydrogen-bond donors (Lipinski definition) is 1. The number of hydrogen-bond acceptors (Lipinski definition) is 5. The van der Waals surface area contributed by atoms with Gasteiger partial charge in [-0.2, -0.15) is 0 Å². The number of nitrogens with one attached hydrogen (secondary N) is 1. The van der Waals surface area contributed by atoms with Crippen LogP contribution in [0.5, 0.6) is 5.75 Å². The lowest BCUT2D eigenvalue weighted by Gasteiger charge is -2.32. The van der Waals surface area contributed by atoms with Crippen LogP contribution in [0, 0.1) is 0 Å². The van der Waals surface area contributed by atoms with Gasteiger partial charge in [0.25, 0.3) is 0 Å². The van der Waals surface area contributed by atoms with Crippen LogP contribution in [0.3, 0.4) is 0 Å². The Kier molecular flexibility index (Phi) is 9.28. The molecule has 1 unspecified atom stereocenters. The lowest BCUT2D eigenvalue weighted by molar-refractivity contribution is -0.139. The first-order chi connectivity index (χ1) is 15.5. The van der Waals surface area contributed by atoms with Crippen molar-refractivity contribution in [3.05, 3.63) is 60.2 Å². The molecule has 0 fully saturated rings. The van der Waals surface area contributed by atoms with Crippen molar-refractivity contribution in [1.82, 2.24) is 10.2 Å². The van der Waals surface area contributed by atoms with Gasteiger partial charge in [-0.05, 0) is 45.4 Å². The van der Waals surface area contributed by atoms with E-state index >= 15 is 0 Å². The van der Waals surface area contributed by atoms with Gasteiger partial charge in [-0.15, -0.1) is 0 Å². The molecule has 2 rings (SSSR count). The molecule has 0 saturated carbocycles. The maximum absolute atomic E-state index is 13.5. The van der Waals surface area contributed by atoms with Crippen LogP contribution < -0.4 is 14.4 Å². The number of carbonyl (C=O) groups is 2. The van der Waals surface area contributed by atoms with Crippen molar-refractivity contribution in [2.45, 2.75) is 46.3 Å². The summed E-state index contributed by atoms with van der Waals surface area (Å²) in [4.78, 5) is 27.6. The summed E-state index contributed by atoms with van der Waals surface area (Å²) in [6.45, 7) is 7.15. The van der Waals surface area contributed by atoms with Crippen LogP contribution in [0.1, 0.15) is 33.3 Å². The zero-order chi connectivity index (χ0) is 24.6. The van der Waals surface area contributed by atoms with Crippen LogP contribution in [-0.2, 0) is 26.2 Å². The number of carbonyl (C=O) groups excluding carboxylic acids is 2. The maximum Gasteiger partial charge on any atom is 0.244 e. The smallest absolute Gasteiger partial charge is 0.244 e. The molecular formula is C24H33N3O5S. The number of rotatable bonds is 11. The third-order valence-electron chi connectivity index (χ3n) is 4.91. The monoisotopic (exact) mass is 475 g/mol. The average molecular weight is 476 g/mol. The molecule has 2 aromatic rings. The van der Waals surface area contributed by atoms with E-state index in [1.54, 1.807) is 38.1 Å². The molecular weight excluding hydrogens is 442 g/mol. The molecule has 180 valence electrons. The summed E-state index contributed by atoms with van der Waals surface area (Å²) in [5.74, 6) is -0.449. The highest BCUT2D eigenvalue weighted by atomic mass is 32.2. The normalized spacial score (nSPS) is 12.2. The van der Waals surface area contributed by atoms with Crippen LogP contribution >= 0.6 is 0 Å². The Morgan fingerprint density at radius 3 is 2.18 bits per heavy atom. The number of ether oxygens (including phenoxy) is 1. The zero-order valence-corrected chi connectivity index (χ0v) is 20.6. The molecule has 0 aromatic heterocycles. The molecule has 0 heterocycles. The van der Waals surface area contributed by atoms with Gasteiger partial charge in [0.15, 0.2) is 0 Å². The highest BCUT2D eigenvalue weighted by molar-refractivity contribution is 7.92. The molecule has 0 bridgehead atoms. The topological polar surface area (TPSA) is 96.0 Å². The predicted octanol–water partition coefficient (Wildman–Crippen LogP) is 2.79. The van der Waals surface area contributed by atoms with E-state index in [-0.39, 0.29) is 24.2 Å². The highest BCUT2D eigenvalue weighted by Gasteiger charge is 2.31. The van der Waals surface area contributed by atoms with Crippen molar-refractivity contribution in [3.8, 4) is 5.75 Å². The molecule has 0 spiro atoms. The first kappa shape index (κ1) is 26.2. The van der Waals surface area contributed by atoms with E-state index in [2.05, 4.69) is 5.32 Å². The fourth-order valence-corrected chi connectivity index (χ4v) is 4.16. The quantitative estimate of drug-likeness (QED) is 0.539. The van der Waals surface area contributed by atoms with Gasteiger partial charge < -0.3 is 15.0 Å². The third-order valence-corrected chi connectivity index (χ3v) is 6.03. The first-order valence-corrected chi connectivity index (χ1v) is 12.7. The van der Waals surface area contributed by atoms with E-state index in [1.807, 2.05) is 44.2 Å². The Balaban J connectivity index is 2.41. The molecule has 0 radical (unpaired) electrons. The number of nitrogens with zero attached hydrogens (tertiary/aromatic N) is 2. The Morgan fingerprint density at radius 2 is 1.61 bits per heavy atom. The van der Waals surface area contributed by atoms with Crippen LogP contribution in [0.2, 0.25) is 0 Å². The zero-order valence-electron chi connectivity index (χ0n) is 19.8. The molecule has 1 N–H and O–H groups in total. The Bertz CT molecular complexity index is 1040. The molecule has 33 heavy (non-hydrogen) atoms. The van der Waals surface area contributed by atoms with E-state index in [0.717, 1.165) is 16.1 Å². The second kappa shape index (κ2) is 11.7. The van der Waals surface area contributed by atoms with Gasteiger partial charge in [-0.1, -0.05) is 42.5 Å². The lowest BCUT2D eigenvalue weighted by Crippen LogP contribution is -2.52. The highest BCUT2D eigenvalue weighted by Crippen LogP contribution is 2.30. The summed E-state index contributed by atoms with van der Waals surface area (Å²) in [5, 5.41) is 2.82. The summed E-state index contributed by atoms with van der Waals surface area (Å²) < 4.78 is 32.0. The Morgan fingerprint density at radius 1 is 1.00 bits per heavy atom. The van der Waals surface area contributed by atoms with Crippen molar-refractivity contribution in [2.75, 3.05) is 23.7 Å². The van der Waals surface area contributed by atoms with Gasteiger partial charge in [0, 0.05) is 12.6 Å². The minimum atomic E-state index is -3.82. The molecule has 8 nitrogen and oxygen atoms in total. The van der Waals surface area contributed by atoms with Crippen LogP contribution in [0.4, 0.5) is 5.69 Å². The van der Waals surface area contributed by atoms with Crippen molar-refractivity contribution < 1.29 is 22.7 Å². The van der Waals surface area contributed by atoms with E-state index in [0.29, 0.717) is 12.4 Å². The second-order valence-corrected chi connectivity index (χ2v) is 9.92. The summed E-state index contributed by atoms with van der Waals surface area (Å²) >= 11 is 0. The number of amides is 2. The maximum atomic E-state index is 13.5. The molecule has 1 atom stereocenters. The van der Waals surface area contributed by atoms with E-state index < -0.39 is 28.5 Å². The van der Waals surface area contributed by atoms with Crippen molar-refractivity contribution in [1.29, 1.82) is 0 Å². The summed E-state index contributed by atoms with van der Waals surface area (Å²) in [6.07, 6.45) is 1.04. The van der Waals surface area contributed by atoms with Gasteiger partial charge in [-0.3, -0.25) is 13.9 Å². The summed E-state index contributed by atoms with van der Waals surface area (Å²) in [7, 11) is -3.82. The Hall–Kier alpha value is -3.07. The van der Waals surface area contributed by atoms with Crippen LogP contribution in [0.25, 0.3) is 0 Å². The van der Waals surface area contributed by atoms with E-state index in [9.17, 15) is 18.0 Å². The van der Waals surface area contributed by atoms with E-state index in [4.69, 9.17) is 4.74 Å². The minimum Gasteiger partial charge on any atom is -0.492 e. The van der Waals surface area contributed by atoms with Crippen LogP contribution in [0.15, 0.2) is 54.6 Å². The molecule has 9 heteroatoms. The van der Waals surface area contributed by atoms with Gasteiger partial charge >= 0.3 is 0 Å².